The number of methoxy groups -OCH3 is 1. The van der Waals surface area contributed by atoms with E-state index in [0.717, 1.165) is 10.6 Å². The summed E-state index contributed by atoms with van der Waals surface area (Å²) in [4.78, 5) is 24.3. The molecule has 0 heterocycles. The predicted molar refractivity (Wildman–Crippen MR) is 138 cm³/mol. The van der Waals surface area contributed by atoms with E-state index in [9.17, 15) is 22.4 Å². The van der Waals surface area contributed by atoms with Crippen LogP contribution in [0.1, 0.15) is 5.56 Å². The molecule has 0 saturated carbocycles. The number of anilines is 2. The molecule has 0 aromatic heterocycles. The third-order valence-electron chi connectivity index (χ3n) is 4.83. The van der Waals surface area contributed by atoms with E-state index in [1.807, 2.05) is 0 Å². The third kappa shape index (κ3) is 8.61. The van der Waals surface area contributed by atoms with Crippen molar-refractivity contribution in [2.75, 3.05) is 36.1 Å². The summed E-state index contributed by atoms with van der Waals surface area (Å²) in [6.07, 6.45) is 2.38. The molecule has 0 aliphatic rings. The van der Waals surface area contributed by atoms with Crippen molar-refractivity contribution in [2.45, 2.75) is 0 Å². The fraction of sp³-hybridized carbons (Fsp3) is 0.160. The van der Waals surface area contributed by atoms with Gasteiger partial charge in [0.1, 0.15) is 23.9 Å². The number of hydrogen-bond acceptors (Lipinski definition) is 7. The smallest absolute Gasteiger partial charge is 0.262 e. The highest BCUT2D eigenvalue weighted by atomic mass is 32.2. The van der Waals surface area contributed by atoms with Crippen LogP contribution in [0.5, 0.6) is 11.5 Å². The van der Waals surface area contributed by atoms with Gasteiger partial charge in [-0.25, -0.2) is 18.2 Å². The van der Waals surface area contributed by atoms with Crippen LogP contribution in [-0.4, -0.2) is 53.0 Å². The Morgan fingerprint density at radius 1 is 0.946 bits per heavy atom. The van der Waals surface area contributed by atoms with Crippen LogP contribution in [-0.2, 0) is 19.6 Å². The monoisotopic (exact) mass is 528 g/mol. The van der Waals surface area contributed by atoms with Gasteiger partial charge in [-0.3, -0.25) is 13.9 Å². The Labute approximate surface area is 213 Å². The van der Waals surface area contributed by atoms with E-state index >= 15 is 0 Å². The van der Waals surface area contributed by atoms with Crippen molar-refractivity contribution < 1.29 is 31.9 Å². The minimum Gasteiger partial charge on any atom is -0.497 e. The molecule has 0 aliphatic heterocycles. The third-order valence-corrected chi connectivity index (χ3v) is 5.97. The Bertz CT molecular complexity index is 1350. The first-order valence-electron chi connectivity index (χ1n) is 10.9. The van der Waals surface area contributed by atoms with Crippen LogP contribution in [0.2, 0.25) is 0 Å². The van der Waals surface area contributed by atoms with Crippen LogP contribution in [0, 0.1) is 5.82 Å². The van der Waals surface area contributed by atoms with Crippen molar-refractivity contribution in [3.8, 4) is 11.5 Å². The lowest BCUT2D eigenvalue weighted by Gasteiger charge is -2.21. The van der Waals surface area contributed by atoms with Crippen molar-refractivity contribution in [1.82, 2.24) is 5.43 Å². The maximum absolute atomic E-state index is 12.9. The van der Waals surface area contributed by atoms with E-state index in [0.29, 0.717) is 28.4 Å². The number of halogens is 1. The normalized spacial score (nSPS) is 11.1. The van der Waals surface area contributed by atoms with E-state index in [4.69, 9.17) is 9.47 Å². The molecule has 37 heavy (non-hydrogen) atoms. The first kappa shape index (κ1) is 27.1. The van der Waals surface area contributed by atoms with E-state index in [-0.39, 0.29) is 6.61 Å². The van der Waals surface area contributed by atoms with E-state index in [1.165, 1.54) is 49.7 Å². The molecule has 0 saturated heterocycles. The fourth-order valence-corrected chi connectivity index (χ4v) is 3.88. The Morgan fingerprint density at radius 2 is 1.57 bits per heavy atom. The van der Waals surface area contributed by atoms with Crippen LogP contribution >= 0.6 is 0 Å². The van der Waals surface area contributed by atoms with E-state index in [1.54, 1.807) is 36.4 Å². The standard InChI is InChI=1S/C25H25FN4O6S/c1-35-22-13-9-21(10-14-22)30(37(2,33)34)16-24(31)29-27-15-18-3-11-23(12-4-18)36-17-25(32)28-20-7-5-19(26)6-8-20/h3-15H,16-17H2,1-2H3,(H,28,32)(H,29,31)/b27-15-. The zero-order chi connectivity index (χ0) is 26.8. The summed E-state index contributed by atoms with van der Waals surface area (Å²) in [5.41, 5.74) is 3.68. The van der Waals surface area contributed by atoms with Crippen molar-refractivity contribution in [2.24, 2.45) is 5.10 Å². The largest absolute Gasteiger partial charge is 0.497 e. The molecule has 2 amide bonds. The maximum atomic E-state index is 12.9. The first-order valence-corrected chi connectivity index (χ1v) is 12.7. The molecule has 0 aliphatic carbocycles. The summed E-state index contributed by atoms with van der Waals surface area (Å²) < 4.78 is 48.7. The highest BCUT2D eigenvalue weighted by Crippen LogP contribution is 2.21. The summed E-state index contributed by atoms with van der Waals surface area (Å²) in [6.45, 7) is -0.707. The Morgan fingerprint density at radius 3 is 2.16 bits per heavy atom. The average Bonchev–Trinajstić information content (AvgIpc) is 2.87. The van der Waals surface area contributed by atoms with Crippen molar-refractivity contribution >= 4 is 39.4 Å². The van der Waals surface area contributed by atoms with Gasteiger partial charge in [-0.2, -0.15) is 5.10 Å². The van der Waals surface area contributed by atoms with Crippen LogP contribution in [0.15, 0.2) is 77.9 Å². The molecule has 3 aromatic carbocycles. The molecule has 0 radical (unpaired) electrons. The Kier molecular flexibility index (Phi) is 9.16. The number of carbonyl (C=O) groups is 2. The van der Waals surface area contributed by atoms with Gasteiger partial charge in [0.05, 0.1) is 25.3 Å². The topological polar surface area (TPSA) is 126 Å². The van der Waals surface area contributed by atoms with Gasteiger partial charge in [-0.1, -0.05) is 0 Å². The number of nitrogens with one attached hydrogen (secondary N) is 2. The lowest BCUT2D eigenvalue weighted by Crippen LogP contribution is -2.39. The lowest BCUT2D eigenvalue weighted by molar-refractivity contribution is -0.119. The molecule has 194 valence electrons. The fourth-order valence-electron chi connectivity index (χ4n) is 3.02. The Balaban J connectivity index is 1.49. The molecule has 3 rings (SSSR count). The highest BCUT2D eigenvalue weighted by Gasteiger charge is 2.20. The van der Waals surface area contributed by atoms with Crippen LogP contribution in [0.3, 0.4) is 0 Å². The Hall–Kier alpha value is -4.45. The van der Waals surface area contributed by atoms with Crippen LogP contribution in [0.4, 0.5) is 15.8 Å². The molecule has 0 atom stereocenters. The summed E-state index contributed by atoms with van der Waals surface area (Å²) in [5, 5.41) is 6.45. The zero-order valence-corrected chi connectivity index (χ0v) is 20.9. The minimum absolute atomic E-state index is 0.244. The summed E-state index contributed by atoms with van der Waals surface area (Å²) in [5.74, 6) is -0.459. The highest BCUT2D eigenvalue weighted by molar-refractivity contribution is 7.92. The van der Waals surface area contributed by atoms with Crippen molar-refractivity contribution in [3.63, 3.8) is 0 Å². The number of nitrogens with zero attached hydrogens (tertiary/aromatic N) is 2. The molecule has 12 heteroatoms. The number of ether oxygens (including phenoxy) is 2. The quantitative estimate of drug-likeness (QED) is 0.291. The second-order valence-corrected chi connectivity index (χ2v) is 9.58. The summed E-state index contributed by atoms with van der Waals surface area (Å²) >= 11 is 0. The van der Waals surface area contributed by atoms with E-state index < -0.39 is 34.2 Å². The number of hydrazone groups is 1. The molecule has 0 unspecified atom stereocenters. The van der Waals surface area contributed by atoms with Crippen molar-refractivity contribution in [3.05, 3.63) is 84.2 Å². The molecular weight excluding hydrogens is 503 g/mol. The predicted octanol–water partition coefficient (Wildman–Crippen LogP) is 2.77. The van der Waals surface area contributed by atoms with Gasteiger partial charge < -0.3 is 14.8 Å². The van der Waals surface area contributed by atoms with Crippen molar-refractivity contribution in [1.29, 1.82) is 0 Å². The number of benzene rings is 3. The average molecular weight is 529 g/mol. The SMILES string of the molecule is COc1ccc(N(CC(=O)N/N=C\c2ccc(OCC(=O)Nc3ccc(F)cc3)cc2)S(C)(=O)=O)cc1. The van der Waals surface area contributed by atoms with Gasteiger partial charge >= 0.3 is 0 Å². The summed E-state index contributed by atoms with van der Waals surface area (Å²) in [7, 11) is -2.23. The molecular formula is C25H25FN4O6S. The van der Waals surface area contributed by atoms with Crippen LogP contribution in [0.25, 0.3) is 0 Å². The van der Waals surface area contributed by atoms with Gasteiger partial charge in [-0.05, 0) is 78.4 Å². The molecule has 10 nitrogen and oxygen atoms in total. The first-order chi connectivity index (χ1) is 17.6. The number of sulfonamides is 1. The van der Waals surface area contributed by atoms with E-state index in [2.05, 4.69) is 15.8 Å². The lowest BCUT2D eigenvalue weighted by atomic mass is 10.2. The van der Waals surface area contributed by atoms with Gasteiger partial charge in [0.2, 0.25) is 10.0 Å². The second-order valence-electron chi connectivity index (χ2n) is 7.67. The number of hydrogen-bond donors (Lipinski definition) is 2. The van der Waals surface area contributed by atoms with Gasteiger partial charge in [0.15, 0.2) is 6.61 Å². The van der Waals surface area contributed by atoms with Crippen LogP contribution < -0.4 is 24.5 Å². The zero-order valence-electron chi connectivity index (χ0n) is 20.0. The molecule has 0 spiro atoms. The van der Waals surface area contributed by atoms with Gasteiger partial charge in [0.25, 0.3) is 11.8 Å². The second kappa shape index (κ2) is 12.5. The summed E-state index contributed by atoms with van der Waals surface area (Å²) in [6, 6.07) is 18.2. The number of rotatable bonds is 11. The van der Waals surface area contributed by atoms with Gasteiger partial charge in [0, 0.05) is 5.69 Å². The number of amides is 2. The molecule has 3 aromatic rings. The maximum Gasteiger partial charge on any atom is 0.262 e. The molecule has 0 fully saturated rings. The van der Waals surface area contributed by atoms with Gasteiger partial charge in [-0.15, -0.1) is 0 Å². The molecule has 0 bridgehead atoms. The molecule has 2 N–H and O–H groups in total. The number of carbonyl (C=O) groups excluding carboxylic acids is 2. The minimum atomic E-state index is -3.72.